The lowest BCUT2D eigenvalue weighted by molar-refractivity contribution is -0.141. The molecule has 0 radical (unpaired) electrons. The Morgan fingerprint density at radius 1 is 1.17 bits per heavy atom. The van der Waals surface area contributed by atoms with Crippen LogP contribution in [0.2, 0.25) is 5.02 Å². The van der Waals surface area contributed by atoms with Crippen molar-refractivity contribution in [1.82, 2.24) is 14.8 Å². The molecule has 3 fully saturated rings. The second kappa shape index (κ2) is 11.9. The average molecular weight is 659 g/mol. The van der Waals surface area contributed by atoms with Gasteiger partial charge in [0, 0.05) is 51.3 Å². The van der Waals surface area contributed by atoms with Crippen LogP contribution in [0.1, 0.15) is 37.4 Å². The Kier molecular flexibility index (Phi) is 8.33. The molecule has 4 aliphatic rings. The first-order valence-corrected chi connectivity index (χ1v) is 15.9. The summed E-state index contributed by atoms with van der Waals surface area (Å²) in [6.45, 7) is 11.3. The van der Waals surface area contributed by atoms with Crippen molar-refractivity contribution in [3.05, 3.63) is 59.3 Å². The predicted octanol–water partition coefficient (Wildman–Crippen LogP) is 4.77. The number of alkyl halides is 3. The van der Waals surface area contributed by atoms with Gasteiger partial charge in [-0.2, -0.15) is 13.2 Å². The number of carbonyl (C=O) groups excluding carboxylic acids is 3. The smallest absolute Gasteiger partial charge is 0.368 e. The van der Waals surface area contributed by atoms with Gasteiger partial charge < -0.3 is 14.7 Å². The summed E-state index contributed by atoms with van der Waals surface area (Å²) in [5, 5.41) is 0.485. The molecule has 2 aromatic rings. The molecule has 6 rings (SSSR count). The summed E-state index contributed by atoms with van der Waals surface area (Å²) in [7, 11) is 1.61. The monoisotopic (exact) mass is 658 g/mol. The van der Waals surface area contributed by atoms with Crippen LogP contribution in [-0.4, -0.2) is 90.4 Å². The second-order valence-corrected chi connectivity index (χ2v) is 13.7. The van der Waals surface area contributed by atoms with Gasteiger partial charge in [0.05, 0.1) is 27.5 Å². The fourth-order valence-electron chi connectivity index (χ4n) is 7.66. The Hall–Kier alpha value is -3.64. The minimum atomic E-state index is -4.63. The Bertz CT molecular complexity index is 1570. The van der Waals surface area contributed by atoms with Crippen molar-refractivity contribution < 1.29 is 27.6 Å². The highest BCUT2D eigenvalue weighted by molar-refractivity contribution is 6.34. The summed E-state index contributed by atoms with van der Waals surface area (Å²) in [6, 6.07) is 6.10. The lowest BCUT2D eigenvalue weighted by atomic mass is 9.85. The Morgan fingerprint density at radius 3 is 2.52 bits per heavy atom. The molecule has 3 saturated heterocycles. The quantitative estimate of drug-likeness (QED) is 0.431. The van der Waals surface area contributed by atoms with Gasteiger partial charge in [-0.15, -0.1) is 0 Å². The number of nitrogens with zero attached hydrogens (tertiary/aromatic N) is 6. The minimum absolute atomic E-state index is 0.00572. The molecule has 0 spiro atoms. The van der Waals surface area contributed by atoms with E-state index in [9.17, 15) is 27.6 Å². The number of amides is 3. The van der Waals surface area contributed by atoms with Crippen molar-refractivity contribution in [2.24, 2.45) is 11.8 Å². The number of piperidine rings is 1. The summed E-state index contributed by atoms with van der Waals surface area (Å²) in [4.78, 5) is 52.9. The molecule has 3 amide bonds. The number of hydrogen-bond donors (Lipinski definition) is 0. The standard InChI is InChI=1S/C33H38ClF3N6O3/c1-5-27(44)41-18-32(3,19-41)42-11-9-21(10-12-42)16-40-17-22-14-28(45)43(26-15-23(33(35,36)37)13-20(2)38-26)29(22)31(46)39(4)25-8-6-7-24(34)30(25)40/h5-8,13,15,21-22,29H,1,9-12,14,16-19H2,2-4H3/t22-,29+/m1/s1. The fraction of sp³-hybridized carbons (Fsp3) is 0.515. The van der Waals surface area contributed by atoms with Gasteiger partial charge in [0.25, 0.3) is 0 Å². The lowest BCUT2D eigenvalue weighted by Crippen LogP contribution is -2.70. The van der Waals surface area contributed by atoms with E-state index < -0.39 is 35.5 Å². The maximum atomic E-state index is 14.1. The average Bonchev–Trinajstić information content (AvgIpc) is 3.31. The highest BCUT2D eigenvalue weighted by atomic mass is 35.5. The normalized spacial score (nSPS) is 23.9. The van der Waals surface area contributed by atoms with Crippen LogP contribution in [0.4, 0.5) is 30.4 Å². The molecule has 46 heavy (non-hydrogen) atoms. The number of halogens is 4. The molecular weight excluding hydrogens is 621 g/mol. The van der Waals surface area contributed by atoms with Crippen LogP contribution in [0, 0.1) is 18.8 Å². The SMILES string of the molecule is C=CC(=O)N1CC(C)(N2CCC(CN3C[C@H]4CC(=O)N(c5cc(C(F)(F)F)cc(C)n5)[C@@H]4C(=O)N(C)c4cccc(Cl)c43)CC2)C1. The van der Waals surface area contributed by atoms with E-state index in [1.807, 2.05) is 0 Å². The van der Waals surface area contributed by atoms with E-state index >= 15 is 0 Å². The molecule has 13 heteroatoms. The van der Waals surface area contributed by atoms with E-state index in [2.05, 4.69) is 28.3 Å². The number of fused-ring (bicyclic) bond motifs is 2. The summed E-state index contributed by atoms with van der Waals surface area (Å²) < 4.78 is 41.2. The van der Waals surface area contributed by atoms with Crippen LogP contribution in [0.3, 0.4) is 0 Å². The summed E-state index contributed by atoms with van der Waals surface area (Å²) in [5.41, 5.74) is 0.409. The first-order chi connectivity index (χ1) is 21.7. The number of likely N-dealkylation sites (tertiary alicyclic amines) is 2. The van der Waals surface area contributed by atoms with E-state index in [1.54, 1.807) is 30.1 Å². The largest absolute Gasteiger partial charge is 0.416 e. The van der Waals surface area contributed by atoms with Crippen LogP contribution in [0.25, 0.3) is 0 Å². The number of carbonyl (C=O) groups is 3. The number of aromatic nitrogens is 1. The van der Waals surface area contributed by atoms with Gasteiger partial charge in [-0.05, 0) is 76.0 Å². The van der Waals surface area contributed by atoms with E-state index in [-0.39, 0.29) is 29.4 Å². The number of para-hydroxylation sites is 1. The molecule has 0 aliphatic carbocycles. The van der Waals surface area contributed by atoms with Crippen LogP contribution >= 0.6 is 11.6 Å². The second-order valence-electron chi connectivity index (χ2n) is 13.3. The van der Waals surface area contributed by atoms with Crippen LogP contribution in [-0.2, 0) is 20.6 Å². The van der Waals surface area contributed by atoms with Crippen molar-refractivity contribution >= 4 is 46.5 Å². The predicted molar refractivity (Wildman–Crippen MR) is 170 cm³/mol. The Morgan fingerprint density at radius 2 is 1.87 bits per heavy atom. The topological polar surface area (TPSA) is 80.3 Å². The molecule has 5 heterocycles. The van der Waals surface area contributed by atoms with E-state index in [1.165, 1.54) is 17.9 Å². The molecule has 0 saturated carbocycles. The third-order valence-electron chi connectivity index (χ3n) is 10.0. The number of anilines is 3. The van der Waals surface area contributed by atoms with Crippen LogP contribution in [0.5, 0.6) is 0 Å². The first kappa shape index (κ1) is 32.3. The van der Waals surface area contributed by atoms with E-state index in [0.29, 0.717) is 48.5 Å². The molecule has 1 aromatic carbocycles. The van der Waals surface area contributed by atoms with Gasteiger partial charge in [0.2, 0.25) is 17.7 Å². The zero-order valence-corrected chi connectivity index (χ0v) is 26.9. The summed E-state index contributed by atoms with van der Waals surface area (Å²) in [5.74, 6) is -1.26. The van der Waals surface area contributed by atoms with Gasteiger partial charge >= 0.3 is 6.18 Å². The summed E-state index contributed by atoms with van der Waals surface area (Å²) >= 11 is 6.81. The number of likely N-dealkylation sites (N-methyl/N-ethyl adjacent to an activating group) is 1. The maximum absolute atomic E-state index is 14.1. The maximum Gasteiger partial charge on any atom is 0.416 e. The molecule has 2 atom stereocenters. The van der Waals surface area contributed by atoms with Crippen molar-refractivity contribution in [2.75, 3.05) is 61.0 Å². The molecule has 0 bridgehead atoms. The fourth-order valence-corrected chi connectivity index (χ4v) is 7.95. The van der Waals surface area contributed by atoms with Crippen molar-refractivity contribution in [2.45, 2.75) is 50.9 Å². The third kappa shape index (κ3) is 5.74. The molecular formula is C33H38ClF3N6O3. The zero-order chi connectivity index (χ0) is 33.1. The number of benzene rings is 1. The molecule has 4 aliphatic heterocycles. The van der Waals surface area contributed by atoms with Crippen molar-refractivity contribution in [1.29, 1.82) is 0 Å². The third-order valence-corrected chi connectivity index (χ3v) is 10.3. The minimum Gasteiger partial charge on any atom is -0.368 e. The summed E-state index contributed by atoms with van der Waals surface area (Å²) in [6.07, 6.45) is -1.45. The highest BCUT2D eigenvalue weighted by Gasteiger charge is 2.50. The van der Waals surface area contributed by atoms with E-state index in [4.69, 9.17) is 11.6 Å². The Balaban J connectivity index is 1.26. The molecule has 1 aromatic heterocycles. The lowest BCUT2D eigenvalue weighted by Gasteiger charge is -2.55. The number of pyridine rings is 1. The van der Waals surface area contributed by atoms with Gasteiger partial charge in [-0.25, -0.2) is 4.98 Å². The molecule has 246 valence electrons. The molecule has 0 N–H and O–H groups in total. The number of rotatable bonds is 5. The highest BCUT2D eigenvalue weighted by Crippen LogP contribution is 2.44. The number of hydrogen-bond acceptors (Lipinski definition) is 6. The van der Waals surface area contributed by atoms with Crippen molar-refractivity contribution in [3.63, 3.8) is 0 Å². The van der Waals surface area contributed by atoms with E-state index in [0.717, 1.165) is 43.0 Å². The number of aryl methyl sites for hydroxylation is 1. The van der Waals surface area contributed by atoms with Crippen LogP contribution < -0.4 is 14.7 Å². The molecule has 9 nitrogen and oxygen atoms in total. The van der Waals surface area contributed by atoms with Gasteiger partial charge in [0.1, 0.15) is 11.9 Å². The first-order valence-electron chi connectivity index (χ1n) is 15.6. The van der Waals surface area contributed by atoms with Crippen molar-refractivity contribution in [3.8, 4) is 0 Å². The Labute approximate surface area is 271 Å². The zero-order valence-electron chi connectivity index (χ0n) is 26.2. The van der Waals surface area contributed by atoms with Gasteiger partial charge in [0.15, 0.2) is 0 Å². The molecule has 0 unspecified atom stereocenters. The van der Waals surface area contributed by atoms with Gasteiger partial charge in [-0.3, -0.25) is 24.2 Å². The van der Waals surface area contributed by atoms with Crippen LogP contribution in [0.15, 0.2) is 43.0 Å². The van der Waals surface area contributed by atoms with Gasteiger partial charge in [-0.1, -0.05) is 24.2 Å².